The Balaban J connectivity index is 1.87. The summed E-state index contributed by atoms with van der Waals surface area (Å²) in [6.45, 7) is 1.69. The Morgan fingerprint density at radius 3 is 2.57 bits per heavy atom. The number of likely N-dealkylation sites (tertiary alicyclic amines) is 1. The highest BCUT2D eigenvalue weighted by Gasteiger charge is 2.38. The number of unbranched alkanes of at least 4 members (excludes halogenated alkanes) is 2. The first-order valence-electron chi connectivity index (χ1n) is 11.0. The van der Waals surface area contributed by atoms with Crippen LogP contribution in [0.1, 0.15) is 56.9 Å². The van der Waals surface area contributed by atoms with Gasteiger partial charge in [0.25, 0.3) is 0 Å². The molecular formula is C23H35N3O4. The van der Waals surface area contributed by atoms with Crippen LogP contribution in [0.3, 0.4) is 0 Å². The molecule has 1 fully saturated rings. The first-order chi connectivity index (χ1) is 14.5. The fourth-order valence-electron chi connectivity index (χ4n) is 4.02. The van der Waals surface area contributed by atoms with E-state index < -0.39 is 5.97 Å². The standard InChI is InChI=1S/C23H35N3O4/c24-14-6-2-5-11-21(27)25-17-20-16-19(12-13-22(28)29)23(30)26(20)15-7-10-18-8-3-1-4-9-18/h1,3-4,8-9,19-20H,2,5-7,10-17,24H2,(H,25,27)(H,28,29)/t19-,20+/m1/s1. The van der Waals surface area contributed by atoms with Gasteiger partial charge in [0.1, 0.15) is 0 Å². The van der Waals surface area contributed by atoms with Crippen molar-refractivity contribution in [2.45, 2.75) is 63.8 Å². The largest absolute Gasteiger partial charge is 0.481 e. The van der Waals surface area contributed by atoms with Gasteiger partial charge >= 0.3 is 5.97 Å². The summed E-state index contributed by atoms with van der Waals surface area (Å²) in [5.74, 6) is -1.14. The van der Waals surface area contributed by atoms with Crippen LogP contribution in [0.5, 0.6) is 0 Å². The second-order valence-corrected chi connectivity index (χ2v) is 8.04. The van der Waals surface area contributed by atoms with Crippen molar-refractivity contribution in [2.24, 2.45) is 11.7 Å². The summed E-state index contributed by atoms with van der Waals surface area (Å²) in [6, 6.07) is 10.1. The molecule has 1 aromatic carbocycles. The van der Waals surface area contributed by atoms with Crippen molar-refractivity contribution >= 4 is 17.8 Å². The van der Waals surface area contributed by atoms with E-state index in [0.29, 0.717) is 38.9 Å². The molecule has 30 heavy (non-hydrogen) atoms. The molecule has 2 atom stereocenters. The van der Waals surface area contributed by atoms with E-state index in [4.69, 9.17) is 10.8 Å². The normalized spacial score (nSPS) is 18.6. The third-order valence-corrected chi connectivity index (χ3v) is 5.69. The molecule has 1 aliphatic heterocycles. The smallest absolute Gasteiger partial charge is 0.303 e. The number of carbonyl (C=O) groups excluding carboxylic acids is 2. The molecule has 7 heteroatoms. The maximum Gasteiger partial charge on any atom is 0.303 e. The van der Waals surface area contributed by atoms with E-state index in [1.54, 1.807) is 0 Å². The van der Waals surface area contributed by atoms with Gasteiger partial charge in [0.2, 0.25) is 11.8 Å². The summed E-state index contributed by atoms with van der Waals surface area (Å²) in [4.78, 5) is 37.8. The molecule has 0 unspecified atom stereocenters. The SMILES string of the molecule is NCCCCCC(=O)NC[C@@H]1C[C@@H](CCC(=O)O)C(=O)N1CCCc1ccccc1. The number of carboxylic acids is 1. The van der Waals surface area contributed by atoms with Gasteiger partial charge in [-0.2, -0.15) is 0 Å². The fraction of sp³-hybridized carbons (Fsp3) is 0.609. The van der Waals surface area contributed by atoms with Gasteiger partial charge in [-0.15, -0.1) is 0 Å². The molecule has 1 saturated heterocycles. The minimum Gasteiger partial charge on any atom is -0.481 e. The summed E-state index contributed by atoms with van der Waals surface area (Å²) in [5.41, 5.74) is 6.70. The lowest BCUT2D eigenvalue weighted by Crippen LogP contribution is -2.42. The Morgan fingerprint density at radius 2 is 1.87 bits per heavy atom. The van der Waals surface area contributed by atoms with Crippen LogP contribution in [-0.4, -0.2) is 53.5 Å². The van der Waals surface area contributed by atoms with Crippen LogP contribution >= 0.6 is 0 Å². The van der Waals surface area contributed by atoms with Gasteiger partial charge in [-0.1, -0.05) is 36.8 Å². The summed E-state index contributed by atoms with van der Waals surface area (Å²) in [6.07, 6.45) is 5.81. The number of carbonyl (C=O) groups is 3. The molecule has 0 aliphatic carbocycles. The van der Waals surface area contributed by atoms with Gasteiger partial charge in [0.15, 0.2) is 0 Å². The molecule has 2 rings (SSSR count). The van der Waals surface area contributed by atoms with Crippen LogP contribution in [-0.2, 0) is 20.8 Å². The number of benzene rings is 1. The number of carboxylic acid groups (broad SMARTS) is 1. The van der Waals surface area contributed by atoms with Gasteiger partial charge in [0, 0.05) is 37.9 Å². The molecule has 2 amide bonds. The average Bonchev–Trinajstić information content (AvgIpc) is 3.04. The predicted octanol–water partition coefficient (Wildman–Crippen LogP) is 2.34. The Labute approximate surface area is 179 Å². The van der Waals surface area contributed by atoms with E-state index in [2.05, 4.69) is 17.4 Å². The van der Waals surface area contributed by atoms with Crippen LogP contribution < -0.4 is 11.1 Å². The summed E-state index contributed by atoms with van der Waals surface area (Å²) in [5, 5.41) is 11.9. The van der Waals surface area contributed by atoms with Crippen LogP contribution in [0, 0.1) is 5.92 Å². The Kier molecular flexibility index (Phi) is 10.3. The number of hydrogen-bond donors (Lipinski definition) is 3. The lowest BCUT2D eigenvalue weighted by molar-refractivity contribution is -0.138. The van der Waals surface area contributed by atoms with Crippen molar-refractivity contribution in [3.05, 3.63) is 35.9 Å². The van der Waals surface area contributed by atoms with E-state index in [1.165, 1.54) is 5.56 Å². The molecule has 0 bridgehead atoms. The molecule has 4 N–H and O–H groups in total. The van der Waals surface area contributed by atoms with Crippen molar-refractivity contribution in [1.82, 2.24) is 10.2 Å². The third kappa shape index (κ3) is 8.14. The van der Waals surface area contributed by atoms with Crippen molar-refractivity contribution in [1.29, 1.82) is 0 Å². The van der Waals surface area contributed by atoms with Crippen molar-refractivity contribution < 1.29 is 19.5 Å². The second kappa shape index (κ2) is 13.0. The van der Waals surface area contributed by atoms with E-state index in [1.807, 2.05) is 23.1 Å². The minimum absolute atomic E-state index is 0.00214. The predicted molar refractivity (Wildman–Crippen MR) is 116 cm³/mol. The number of rotatable bonds is 14. The van der Waals surface area contributed by atoms with E-state index >= 15 is 0 Å². The topological polar surface area (TPSA) is 113 Å². The number of aliphatic carboxylic acids is 1. The maximum absolute atomic E-state index is 12.9. The number of nitrogens with one attached hydrogen (secondary N) is 1. The van der Waals surface area contributed by atoms with E-state index in [-0.39, 0.29) is 30.2 Å². The van der Waals surface area contributed by atoms with Crippen LogP contribution in [0.15, 0.2) is 30.3 Å². The van der Waals surface area contributed by atoms with Gasteiger partial charge < -0.3 is 21.1 Å². The van der Waals surface area contributed by atoms with Crippen molar-refractivity contribution in [3.8, 4) is 0 Å². The van der Waals surface area contributed by atoms with Gasteiger partial charge in [-0.05, 0) is 50.6 Å². The average molecular weight is 418 g/mol. The number of hydrogen-bond acceptors (Lipinski definition) is 4. The molecule has 1 aliphatic rings. The summed E-state index contributed by atoms with van der Waals surface area (Å²) < 4.78 is 0. The first kappa shape index (κ1) is 23.9. The van der Waals surface area contributed by atoms with E-state index in [0.717, 1.165) is 32.1 Å². The van der Waals surface area contributed by atoms with Crippen molar-refractivity contribution in [3.63, 3.8) is 0 Å². The second-order valence-electron chi connectivity index (χ2n) is 8.04. The van der Waals surface area contributed by atoms with Crippen LogP contribution in [0.4, 0.5) is 0 Å². The number of nitrogens with zero attached hydrogens (tertiary/aromatic N) is 1. The molecule has 1 aromatic rings. The zero-order valence-corrected chi connectivity index (χ0v) is 17.7. The quantitative estimate of drug-likeness (QED) is 0.402. The fourth-order valence-corrected chi connectivity index (χ4v) is 4.02. The van der Waals surface area contributed by atoms with Crippen molar-refractivity contribution in [2.75, 3.05) is 19.6 Å². The summed E-state index contributed by atoms with van der Waals surface area (Å²) in [7, 11) is 0. The molecule has 0 aromatic heterocycles. The molecule has 166 valence electrons. The van der Waals surface area contributed by atoms with E-state index in [9.17, 15) is 14.4 Å². The number of amides is 2. The summed E-state index contributed by atoms with van der Waals surface area (Å²) >= 11 is 0. The highest BCUT2D eigenvalue weighted by Crippen LogP contribution is 2.28. The number of aryl methyl sites for hydroxylation is 1. The first-order valence-corrected chi connectivity index (χ1v) is 11.0. The molecule has 0 saturated carbocycles. The monoisotopic (exact) mass is 417 g/mol. The minimum atomic E-state index is -0.882. The molecule has 7 nitrogen and oxygen atoms in total. The third-order valence-electron chi connectivity index (χ3n) is 5.69. The zero-order chi connectivity index (χ0) is 21.8. The Morgan fingerprint density at radius 1 is 1.10 bits per heavy atom. The Hall–Kier alpha value is -2.41. The number of nitrogens with two attached hydrogens (primary N) is 1. The Bertz CT molecular complexity index is 680. The lowest BCUT2D eigenvalue weighted by Gasteiger charge is -2.25. The molecule has 0 radical (unpaired) electrons. The highest BCUT2D eigenvalue weighted by atomic mass is 16.4. The lowest BCUT2D eigenvalue weighted by atomic mass is 9.99. The van der Waals surface area contributed by atoms with Gasteiger partial charge in [-0.25, -0.2) is 0 Å². The highest BCUT2D eigenvalue weighted by molar-refractivity contribution is 5.82. The molecular weight excluding hydrogens is 382 g/mol. The maximum atomic E-state index is 12.9. The van der Waals surface area contributed by atoms with Gasteiger partial charge in [0.05, 0.1) is 0 Å². The zero-order valence-electron chi connectivity index (χ0n) is 17.7. The van der Waals surface area contributed by atoms with Crippen LogP contribution in [0.25, 0.3) is 0 Å². The van der Waals surface area contributed by atoms with Gasteiger partial charge in [-0.3, -0.25) is 14.4 Å². The van der Waals surface area contributed by atoms with Crippen LogP contribution in [0.2, 0.25) is 0 Å². The molecule has 0 spiro atoms. The molecule has 1 heterocycles.